The minimum atomic E-state index is -0.946. The van der Waals surface area contributed by atoms with Crippen molar-refractivity contribution in [3.63, 3.8) is 0 Å². The van der Waals surface area contributed by atoms with Gasteiger partial charge >= 0.3 is 5.69 Å². The molecule has 2 aromatic rings. The van der Waals surface area contributed by atoms with Gasteiger partial charge in [-0.25, -0.2) is 4.39 Å². The number of benzene rings is 2. The first-order valence-electron chi connectivity index (χ1n) is 5.74. The van der Waals surface area contributed by atoms with Crippen LogP contribution in [0.1, 0.15) is 0 Å². The second kappa shape index (κ2) is 6.23. The zero-order valence-corrected chi connectivity index (χ0v) is 11.3. The summed E-state index contributed by atoms with van der Waals surface area (Å²) in [5, 5.41) is 15.9. The van der Waals surface area contributed by atoms with Crippen molar-refractivity contribution in [1.82, 2.24) is 0 Å². The lowest BCUT2D eigenvalue weighted by Gasteiger charge is -2.11. The first-order valence-corrected chi connectivity index (χ1v) is 6.14. The maximum Gasteiger partial charge on any atom is 0.306 e. The van der Waals surface area contributed by atoms with Gasteiger partial charge in [0.15, 0.2) is 5.11 Å². The predicted octanol–water partition coefficient (Wildman–Crippen LogP) is 3.68. The van der Waals surface area contributed by atoms with Gasteiger partial charge in [0, 0.05) is 11.8 Å². The molecule has 0 unspecified atom stereocenters. The van der Waals surface area contributed by atoms with Crippen LogP contribution >= 0.6 is 12.2 Å². The Morgan fingerprint density at radius 1 is 1.10 bits per heavy atom. The van der Waals surface area contributed by atoms with Crippen molar-refractivity contribution in [3.8, 4) is 0 Å². The molecule has 0 saturated heterocycles. The molecule has 0 bridgehead atoms. The Balaban J connectivity index is 2.12. The summed E-state index contributed by atoms with van der Waals surface area (Å²) in [7, 11) is 0. The van der Waals surface area contributed by atoms with Crippen LogP contribution in [0.15, 0.2) is 42.5 Å². The van der Waals surface area contributed by atoms with Crippen molar-refractivity contribution < 1.29 is 13.7 Å². The van der Waals surface area contributed by atoms with E-state index in [1.165, 1.54) is 24.3 Å². The molecule has 2 aromatic carbocycles. The molecule has 2 N–H and O–H groups in total. The fourth-order valence-corrected chi connectivity index (χ4v) is 1.81. The number of hydrogen-bond acceptors (Lipinski definition) is 3. The normalized spacial score (nSPS) is 10.0. The molecule has 0 aromatic heterocycles. The summed E-state index contributed by atoms with van der Waals surface area (Å²) < 4.78 is 26.6. The van der Waals surface area contributed by atoms with Gasteiger partial charge in [0.25, 0.3) is 0 Å². The van der Waals surface area contributed by atoms with Crippen LogP contribution in [-0.4, -0.2) is 10.0 Å². The number of nitro groups is 1. The van der Waals surface area contributed by atoms with E-state index in [2.05, 4.69) is 10.6 Å². The number of thiocarbonyl (C=S) groups is 1. The SMILES string of the molecule is O=[N+]([O-])c1cc(NC(=S)Nc2ccccc2F)ccc1F. The quantitative estimate of drug-likeness (QED) is 0.514. The molecule has 108 valence electrons. The first kappa shape index (κ1) is 14.8. The van der Waals surface area contributed by atoms with E-state index in [1.807, 2.05) is 0 Å². The monoisotopic (exact) mass is 309 g/mol. The predicted molar refractivity (Wildman–Crippen MR) is 79.3 cm³/mol. The standard InChI is InChI=1S/C13H9F2N3O2S/c14-9-3-1-2-4-11(9)17-13(21)16-8-5-6-10(15)12(7-8)18(19)20/h1-7H,(H2,16,17,21). The summed E-state index contributed by atoms with van der Waals surface area (Å²) >= 11 is 4.97. The van der Waals surface area contributed by atoms with E-state index in [0.717, 1.165) is 12.1 Å². The lowest BCUT2D eigenvalue weighted by atomic mass is 10.2. The van der Waals surface area contributed by atoms with E-state index in [9.17, 15) is 18.9 Å². The molecule has 0 saturated carbocycles. The lowest BCUT2D eigenvalue weighted by molar-refractivity contribution is -0.387. The summed E-state index contributed by atoms with van der Waals surface area (Å²) in [4.78, 5) is 9.80. The summed E-state index contributed by atoms with van der Waals surface area (Å²) in [6, 6.07) is 9.13. The third-order valence-electron chi connectivity index (χ3n) is 2.52. The Hall–Kier alpha value is -2.61. The molecule has 0 spiro atoms. The Morgan fingerprint density at radius 2 is 1.81 bits per heavy atom. The highest BCUT2D eigenvalue weighted by molar-refractivity contribution is 7.80. The van der Waals surface area contributed by atoms with E-state index in [4.69, 9.17) is 12.2 Å². The van der Waals surface area contributed by atoms with Gasteiger partial charge in [0.05, 0.1) is 10.6 Å². The molecule has 0 atom stereocenters. The zero-order chi connectivity index (χ0) is 15.4. The number of halogens is 2. The van der Waals surface area contributed by atoms with Crippen LogP contribution in [0, 0.1) is 21.7 Å². The third-order valence-corrected chi connectivity index (χ3v) is 2.73. The second-order valence-electron chi connectivity index (χ2n) is 3.98. The molecule has 5 nitrogen and oxygen atoms in total. The van der Waals surface area contributed by atoms with Gasteiger partial charge in [-0.05, 0) is 36.5 Å². The van der Waals surface area contributed by atoms with E-state index >= 15 is 0 Å². The van der Waals surface area contributed by atoms with Crippen LogP contribution in [0.4, 0.5) is 25.8 Å². The van der Waals surface area contributed by atoms with Crippen LogP contribution < -0.4 is 10.6 Å². The number of para-hydroxylation sites is 1. The average Bonchev–Trinajstić information content (AvgIpc) is 2.43. The molecule has 2 rings (SSSR count). The fraction of sp³-hybridized carbons (Fsp3) is 0. The number of nitro benzene ring substituents is 1. The van der Waals surface area contributed by atoms with Gasteiger partial charge in [-0.3, -0.25) is 10.1 Å². The molecular weight excluding hydrogens is 300 g/mol. The Bertz CT molecular complexity index is 710. The van der Waals surface area contributed by atoms with Gasteiger partial charge in [-0.1, -0.05) is 12.1 Å². The number of nitrogens with zero attached hydrogens (tertiary/aromatic N) is 1. The van der Waals surface area contributed by atoms with Crippen molar-refractivity contribution in [3.05, 3.63) is 64.2 Å². The fourth-order valence-electron chi connectivity index (χ4n) is 1.58. The minimum Gasteiger partial charge on any atom is -0.332 e. The van der Waals surface area contributed by atoms with Crippen molar-refractivity contribution in [2.75, 3.05) is 10.6 Å². The molecule has 0 amide bonds. The van der Waals surface area contributed by atoms with Gasteiger partial charge in [0.1, 0.15) is 5.82 Å². The molecule has 0 fully saturated rings. The largest absolute Gasteiger partial charge is 0.332 e. The summed E-state index contributed by atoms with van der Waals surface area (Å²) in [6.45, 7) is 0. The summed E-state index contributed by atoms with van der Waals surface area (Å²) in [5.41, 5.74) is -0.294. The molecule has 21 heavy (non-hydrogen) atoms. The van der Waals surface area contributed by atoms with Gasteiger partial charge < -0.3 is 10.6 Å². The lowest BCUT2D eigenvalue weighted by Crippen LogP contribution is -2.19. The summed E-state index contributed by atoms with van der Waals surface area (Å²) in [6.07, 6.45) is 0. The van der Waals surface area contributed by atoms with E-state index in [1.54, 1.807) is 6.07 Å². The van der Waals surface area contributed by atoms with Gasteiger partial charge in [0.2, 0.25) is 5.82 Å². The molecule has 0 radical (unpaired) electrons. The maximum absolute atomic E-state index is 13.4. The maximum atomic E-state index is 13.4. The Labute approximate surface area is 123 Å². The van der Waals surface area contributed by atoms with Crippen LogP contribution in [0.25, 0.3) is 0 Å². The number of anilines is 2. The van der Waals surface area contributed by atoms with Crippen molar-refractivity contribution in [2.45, 2.75) is 0 Å². The third kappa shape index (κ3) is 3.69. The highest BCUT2D eigenvalue weighted by Crippen LogP contribution is 2.22. The minimum absolute atomic E-state index is 0.0287. The molecule has 0 heterocycles. The average molecular weight is 309 g/mol. The van der Waals surface area contributed by atoms with Crippen molar-refractivity contribution >= 4 is 34.4 Å². The van der Waals surface area contributed by atoms with E-state index in [0.29, 0.717) is 0 Å². The van der Waals surface area contributed by atoms with Crippen LogP contribution in [0.2, 0.25) is 0 Å². The topological polar surface area (TPSA) is 67.2 Å². The number of nitrogens with one attached hydrogen (secondary N) is 2. The van der Waals surface area contributed by atoms with Crippen LogP contribution in [0.3, 0.4) is 0 Å². The van der Waals surface area contributed by atoms with Gasteiger partial charge in [-0.15, -0.1) is 0 Å². The summed E-state index contributed by atoms with van der Waals surface area (Å²) in [5.74, 6) is -1.44. The highest BCUT2D eigenvalue weighted by Gasteiger charge is 2.14. The molecule has 8 heteroatoms. The van der Waals surface area contributed by atoms with E-state index in [-0.39, 0.29) is 16.5 Å². The molecule has 0 aliphatic rings. The zero-order valence-electron chi connectivity index (χ0n) is 10.5. The van der Waals surface area contributed by atoms with E-state index < -0.39 is 22.2 Å². The highest BCUT2D eigenvalue weighted by atomic mass is 32.1. The Kier molecular flexibility index (Phi) is 4.39. The van der Waals surface area contributed by atoms with Crippen molar-refractivity contribution in [1.29, 1.82) is 0 Å². The second-order valence-corrected chi connectivity index (χ2v) is 4.39. The number of hydrogen-bond donors (Lipinski definition) is 2. The van der Waals surface area contributed by atoms with Crippen LogP contribution in [0.5, 0.6) is 0 Å². The van der Waals surface area contributed by atoms with Gasteiger partial charge in [-0.2, -0.15) is 4.39 Å². The molecular formula is C13H9F2N3O2S. The number of rotatable bonds is 3. The van der Waals surface area contributed by atoms with Crippen molar-refractivity contribution in [2.24, 2.45) is 0 Å². The van der Waals surface area contributed by atoms with Crippen LogP contribution in [-0.2, 0) is 0 Å². The first-order chi connectivity index (χ1) is 9.97. The molecule has 0 aliphatic heterocycles. The smallest absolute Gasteiger partial charge is 0.306 e. The Morgan fingerprint density at radius 3 is 2.48 bits per heavy atom. The molecule has 0 aliphatic carbocycles.